The van der Waals surface area contributed by atoms with E-state index in [1.165, 1.54) is 0 Å². The van der Waals surface area contributed by atoms with Gasteiger partial charge in [0.25, 0.3) is 0 Å². The summed E-state index contributed by atoms with van der Waals surface area (Å²) in [7, 11) is -1.39. The summed E-state index contributed by atoms with van der Waals surface area (Å²) in [5.74, 6) is 0.638. The summed E-state index contributed by atoms with van der Waals surface area (Å²) in [6, 6.07) is 13.9. The average Bonchev–Trinajstić information content (AvgIpc) is 2.58. The molecule has 1 saturated heterocycles. The lowest BCUT2D eigenvalue weighted by atomic mass is 10.1. The molecule has 0 atom stereocenters. The SMILES string of the molecule is CN1CCC(Oc2ccc(NS(=O)(=O)Cc3cccc(Cl)c3)cc2)CC1. The van der Waals surface area contributed by atoms with E-state index < -0.39 is 10.0 Å². The van der Waals surface area contributed by atoms with Crippen LogP contribution in [0.3, 0.4) is 0 Å². The average molecular weight is 395 g/mol. The van der Waals surface area contributed by atoms with Crippen LogP contribution in [0.4, 0.5) is 5.69 Å². The van der Waals surface area contributed by atoms with E-state index in [1.54, 1.807) is 48.5 Å². The first kappa shape index (κ1) is 19.0. The maximum atomic E-state index is 12.3. The number of hydrogen-bond acceptors (Lipinski definition) is 4. The van der Waals surface area contributed by atoms with Crippen LogP contribution in [0.2, 0.25) is 5.02 Å². The van der Waals surface area contributed by atoms with Crippen LogP contribution in [0.15, 0.2) is 48.5 Å². The third-order valence-electron chi connectivity index (χ3n) is 4.34. The minimum Gasteiger partial charge on any atom is -0.490 e. The van der Waals surface area contributed by atoms with E-state index >= 15 is 0 Å². The van der Waals surface area contributed by atoms with Crippen molar-refractivity contribution in [3.63, 3.8) is 0 Å². The molecule has 26 heavy (non-hydrogen) atoms. The van der Waals surface area contributed by atoms with Crippen LogP contribution < -0.4 is 9.46 Å². The van der Waals surface area contributed by atoms with E-state index in [0.29, 0.717) is 16.3 Å². The quantitative estimate of drug-likeness (QED) is 0.810. The van der Waals surface area contributed by atoms with E-state index in [0.717, 1.165) is 31.7 Å². The molecule has 0 aliphatic carbocycles. The van der Waals surface area contributed by atoms with Gasteiger partial charge in [-0.1, -0.05) is 23.7 Å². The first-order chi connectivity index (χ1) is 12.4. The van der Waals surface area contributed by atoms with Gasteiger partial charge < -0.3 is 9.64 Å². The molecule has 5 nitrogen and oxygen atoms in total. The topological polar surface area (TPSA) is 58.6 Å². The molecule has 0 aromatic heterocycles. The molecule has 1 N–H and O–H groups in total. The molecule has 0 unspecified atom stereocenters. The predicted molar refractivity (Wildman–Crippen MR) is 105 cm³/mol. The molecule has 0 spiro atoms. The van der Waals surface area contributed by atoms with E-state index in [-0.39, 0.29) is 11.9 Å². The molecule has 1 fully saturated rings. The van der Waals surface area contributed by atoms with Gasteiger partial charge in [-0.05, 0) is 61.9 Å². The Morgan fingerprint density at radius 2 is 1.85 bits per heavy atom. The van der Waals surface area contributed by atoms with Crippen molar-refractivity contribution in [2.45, 2.75) is 24.7 Å². The molecule has 0 bridgehead atoms. The Labute approximate surface area is 160 Å². The van der Waals surface area contributed by atoms with Gasteiger partial charge in [0.15, 0.2) is 0 Å². The fourth-order valence-corrected chi connectivity index (χ4v) is 4.36. The van der Waals surface area contributed by atoms with Gasteiger partial charge in [0.05, 0.1) is 5.75 Å². The number of hydrogen-bond donors (Lipinski definition) is 1. The van der Waals surface area contributed by atoms with Gasteiger partial charge in [-0.3, -0.25) is 4.72 Å². The van der Waals surface area contributed by atoms with Crippen LogP contribution >= 0.6 is 11.6 Å². The third kappa shape index (κ3) is 5.62. The Kier molecular flexibility index (Phi) is 6.06. The number of likely N-dealkylation sites (tertiary alicyclic amines) is 1. The maximum Gasteiger partial charge on any atom is 0.236 e. The lowest BCUT2D eigenvalue weighted by Crippen LogP contribution is -2.35. The van der Waals surface area contributed by atoms with Crippen molar-refractivity contribution in [2.24, 2.45) is 0 Å². The molecule has 140 valence electrons. The van der Waals surface area contributed by atoms with Crippen LogP contribution in [-0.2, 0) is 15.8 Å². The third-order valence-corrected chi connectivity index (χ3v) is 5.84. The smallest absolute Gasteiger partial charge is 0.236 e. The molecule has 1 aliphatic heterocycles. The highest BCUT2D eigenvalue weighted by Crippen LogP contribution is 2.22. The molecular formula is C19H23ClN2O3S. The number of nitrogens with one attached hydrogen (secondary N) is 1. The van der Waals surface area contributed by atoms with Gasteiger partial charge in [-0.25, -0.2) is 8.42 Å². The Hall–Kier alpha value is -1.76. The number of rotatable bonds is 6. The Balaban J connectivity index is 1.58. The normalized spacial score (nSPS) is 16.4. The zero-order valence-electron chi connectivity index (χ0n) is 14.7. The number of nitrogens with zero attached hydrogens (tertiary/aromatic N) is 1. The van der Waals surface area contributed by atoms with Gasteiger partial charge in [0.2, 0.25) is 10.0 Å². The number of sulfonamides is 1. The standard InChI is InChI=1S/C19H23ClN2O3S/c1-22-11-9-19(10-12-22)25-18-7-5-17(6-8-18)21-26(23,24)14-15-3-2-4-16(20)13-15/h2-8,13,19,21H,9-12,14H2,1H3. The van der Waals surface area contributed by atoms with Gasteiger partial charge in [-0.2, -0.15) is 0 Å². The predicted octanol–water partition coefficient (Wildman–Crippen LogP) is 3.75. The highest BCUT2D eigenvalue weighted by molar-refractivity contribution is 7.91. The van der Waals surface area contributed by atoms with E-state index in [1.807, 2.05) is 0 Å². The van der Waals surface area contributed by atoms with Crippen molar-refractivity contribution in [3.8, 4) is 5.75 Å². The van der Waals surface area contributed by atoms with E-state index in [9.17, 15) is 8.42 Å². The van der Waals surface area contributed by atoms with Crippen molar-refractivity contribution >= 4 is 27.3 Å². The van der Waals surface area contributed by atoms with Gasteiger partial charge in [0, 0.05) is 23.8 Å². The summed E-state index contributed by atoms with van der Waals surface area (Å²) in [4.78, 5) is 2.29. The molecule has 0 saturated carbocycles. The minimum atomic E-state index is -3.51. The molecule has 0 amide bonds. The molecular weight excluding hydrogens is 372 g/mol. The highest BCUT2D eigenvalue weighted by atomic mass is 35.5. The van der Waals surface area contributed by atoms with Crippen molar-refractivity contribution in [2.75, 3.05) is 24.9 Å². The van der Waals surface area contributed by atoms with Gasteiger partial charge in [-0.15, -0.1) is 0 Å². The van der Waals surface area contributed by atoms with Crippen LogP contribution in [-0.4, -0.2) is 39.6 Å². The summed E-state index contributed by atoms with van der Waals surface area (Å²) in [6.45, 7) is 2.07. The van der Waals surface area contributed by atoms with Crippen molar-refractivity contribution < 1.29 is 13.2 Å². The lowest BCUT2D eigenvalue weighted by molar-refractivity contribution is 0.114. The first-order valence-electron chi connectivity index (χ1n) is 8.60. The van der Waals surface area contributed by atoms with E-state index in [2.05, 4.69) is 16.7 Å². The fraction of sp³-hybridized carbons (Fsp3) is 0.368. The van der Waals surface area contributed by atoms with Crippen molar-refractivity contribution in [3.05, 3.63) is 59.1 Å². The zero-order valence-corrected chi connectivity index (χ0v) is 16.3. The van der Waals surface area contributed by atoms with Crippen molar-refractivity contribution in [1.82, 2.24) is 4.90 Å². The minimum absolute atomic E-state index is 0.124. The van der Waals surface area contributed by atoms with E-state index in [4.69, 9.17) is 16.3 Å². The number of ether oxygens (including phenoxy) is 1. The first-order valence-corrected chi connectivity index (χ1v) is 10.6. The second kappa shape index (κ2) is 8.29. The molecule has 1 aliphatic rings. The number of anilines is 1. The summed E-state index contributed by atoms with van der Waals surface area (Å²) in [5, 5.41) is 0.521. The highest BCUT2D eigenvalue weighted by Gasteiger charge is 2.18. The Bertz CT molecular complexity index is 832. The summed E-state index contributed by atoms with van der Waals surface area (Å²) < 4.78 is 33.2. The number of halogens is 1. The van der Waals surface area contributed by atoms with Crippen LogP contribution in [0.25, 0.3) is 0 Å². The summed E-state index contributed by atoms with van der Waals surface area (Å²) in [5.41, 5.74) is 1.16. The maximum absolute atomic E-state index is 12.3. The summed E-state index contributed by atoms with van der Waals surface area (Å²) >= 11 is 5.91. The lowest BCUT2D eigenvalue weighted by Gasteiger charge is -2.29. The monoisotopic (exact) mass is 394 g/mol. The second-order valence-corrected chi connectivity index (χ2v) is 8.79. The molecule has 2 aromatic rings. The second-order valence-electron chi connectivity index (χ2n) is 6.64. The zero-order chi connectivity index (χ0) is 18.6. The van der Waals surface area contributed by atoms with Crippen LogP contribution in [0.1, 0.15) is 18.4 Å². The van der Waals surface area contributed by atoms with Gasteiger partial charge >= 0.3 is 0 Å². The Morgan fingerprint density at radius 3 is 2.50 bits per heavy atom. The number of benzene rings is 2. The Morgan fingerprint density at radius 1 is 1.15 bits per heavy atom. The molecule has 3 rings (SSSR count). The van der Waals surface area contributed by atoms with Crippen LogP contribution in [0.5, 0.6) is 5.75 Å². The van der Waals surface area contributed by atoms with Crippen molar-refractivity contribution in [1.29, 1.82) is 0 Å². The molecule has 2 aromatic carbocycles. The van der Waals surface area contributed by atoms with Crippen LogP contribution in [0, 0.1) is 0 Å². The fourth-order valence-electron chi connectivity index (χ4n) is 2.96. The molecule has 1 heterocycles. The molecule has 7 heteroatoms. The summed E-state index contributed by atoms with van der Waals surface area (Å²) in [6.07, 6.45) is 2.23. The van der Waals surface area contributed by atoms with Gasteiger partial charge in [0.1, 0.15) is 11.9 Å². The molecule has 0 radical (unpaired) electrons. The largest absolute Gasteiger partial charge is 0.490 e. The number of piperidine rings is 1.